The van der Waals surface area contributed by atoms with E-state index in [4.69, 9.17) is 5.73 Å². The summed E-state index contributed by atoms with van der Waals surface area (Å²) in [6, 6.07) is 12.8. The van der Waals surface area contributed by atoms with Crippen molar-refractivity contribution in [1.29, 1.82) is 0 Å². The number of hydrogen-bond donors (Lipinski definition) is 1. The number of nitrogens with zero attached hydrogens (tertiary/aromatic N) is 1. The van der Waals surface area contributed by atoms with Gasteiger partial charge in [0.2, 0.25) is 0 Å². The zero-order valence-electron chi connectivity index (χ0n) is 10.4. The maximum Gasteiger partial charge on any atom is 0.0328 e. The van der Waals surface area contributed by atoms with E-state index < -0.39 is 0 Å². The van der Waals surface area contributed by atoms with E-state index in [1.165, 1.54) is 15.3 Å². The van der Waals surface area contributed by atoms with Crippen LogP contribution >= 0.6 is 27.3 Å². The van der Waals surface area contributed by atoms with Crippen molar-refractivity contribution in [3.8, 4) is 0 Å². The molecular weight excluding hydrogens is 308 g/mol. The molecule has 0 spiro atoms. The van der Waals surface area contributed by atoms with Crippen LogP contribution in [0.2, 0.25) is 0 Å². The predicted octanol–water partition coefficient (Wildman–Crippen LogP) is 3.60. The van der Waals surface area contributed by atoms with Gasteiger partial charge in [-0.2, -0.15) is 0 Å². The zero-order valence-corrected chi connectivity index (χ0v) is 12.8. The van der Waals surface area contributed by atoms with Crippen LogP contribution in [0.15, 0.2) is 40.9 Å². The van der Waals surface area contributed by atoms with Crippen LogP contribution in [0.4, 0.5) is 0 Å². The second kappa shape index (κ2) is 6.48. The van der Waals surface area contributed by atoms with Gasteiger partial charge in [0.1, 0.15) is 0 Å². The lowest BCUT2D eigenvalue weighted by Gasteiger charge is -2.15. The van der Waals surface area contributed by atoms with Crippen LogP contribution in [0.1, 0.15) is 15.3 Å². The minimum atomic E-state index is 0.640. The SMILES string of the molecule is CN(Cc1ccc(Br)cc1)Cc1ccc(CN)s1. The lowest BCUT2D eigenvalue weighted by molar-refractivity contribution is 0.322. The number of rotatable bonds is 5. The van der Waals surface area contributed by atoms with Crippen molar-refractivity contribution in [3.63, 3.8) is 0 Å². The van der Waals surface area contributed by atoms with Crippen molar-refractivity contribution in [3.05, 3.63) is 56.2 Å². The fourth-order valence-corrected chi connectivity index (χ4v) is 3.08. The van der Waals surface area contributed by atoms with E-state index in [-0.39, 0.29) is 0 Å². The van der Waals surface area contributed by atoms with Gasteiger partial charge in [-0.1, -0.05) is 28.1 Å². The number of thiophene rings is 1. The Labute approximate surface area is 121 Å². The van der Waals surface area contributed by atoms with Gasteiger partial charge < -0.3 is 5.73 Å². The van der Waals surface area contributed by atoms with Gasteiger partial charge in [-0.15, -0.1) is 11.3 Å². The van der Waals surface area contributed by atoms with Gasteiger partial charge in [0.05, 0.1) is 0 Å². The molecule has 4 heteroatoms. The van der Waals surface area contributed by atoms with E-state index in [2.05, 4.69) is 64.3 Å². The van der Waals surface area contributed by atoms with Crippen LogP contribution in [0.5, 0.6) is 0 Å². The highest BCUT2D eigenvalue weighted by Gasteiger charge is 2.04. The maximum absolute atomic E-state index is 5.62. The molecule has 0 atom stereocenters. The predicted molar refractivity (Wildman–Crippen MR) is 81.5 cm³/mol. The first-order chi connectivity index (χ1) is 8.67. The van der Waals surface area contributed by atoms with Crippen LogP contribution in [0.25, 0.3) is 0 Å². The van der Waals surface area contributed by atoms with Crippen LogP contribution in [0.3, 0.4) is 0 Å². The zero-order chi connectivity index (χ0) is 13.0. The third-order valence-electron chi connectivity index (χ3n) is 2.71. The fourth-order valence-electron chi connectivity index (χ4n) is 1.84. The molecule has 2 aromatic rings. The molecule has 0 bridgehead atoms. The monoisotopic (exact) mass is 324 g/mol. The quantitative estimate of drug-likeness (QED) is 0.910. The maximum atomic E-state index is 5.62. The second-order valence-electron chi connectivity index (χ2n) is 4.37. The third kappa shape index (κ3) is 3.92. The molecule has 2 nitrogen and oxygen atoms in total. The molecule has 0 aliphatic carbocycles. The van der Waals surface area contributed by atoms with Crippen LogP contribution in [-0.2, 0) is 19.6 Å². The first-order valence-corrected chi connectivity index (χ1v) is 7.49. The number of halogens is 1. The summed E-state index contributed by atoms with van der Waals surface area (Å²) in [4.78, 5) is 4.94. The van der Waals surface area contributed by atoms with E-state index >= 15 is 0 Å². The second-order valence-corrected chi connectivity index (χ2v) is 6.54. The normalized spacial score (nSPS) is 11.1. The summed E-state index contributed by atoms with van der Waals surface area (Å²) in [5.74, 6) is 0. The van der Waals surface area contributed by atoms with Gasteiger partial charge in [0.25, 0.3) is 0 Å². The molecule has 96 valence electrons. The molecule has 0 unspecified atom stereocenters. The van der Waals surface area contributed by atoms with Crippen molar-refractivity contribution in [2.24, 2.45) is 5.73 Å². The summed E-state index contributed by atoms with van der Waals surface area (Å²) in [7, 11) is 2.14. The summed E-state index contributed by atoms with van der Waals surface area (Å²) in [5, 5.41) is 0. The molecule has 0 fully saturated rings. The lowest BCUT2D eigenvalue weighted by Crippen LogP contribution is -2.16. The first kappa shape index (κ1) is 13.7. The Balaban J connectivity index is 1.91. The standard InChI is InChI=1S/C14H17BrN2S/c1-17(9-11-2-4-12(15)5-3-11)10-14-7-6-13(8-16)18-14/h2-7H,8-10,16H2,1H3. The summed E-state index contributed by atoms with van der Waals surface area (Å²) in [5.41, 5.74) is 6.95. The third-order valence-corrected chi connectivity index (χ3v) is 4.33. The molecule has 1 heterocycles. The van der Waals surface area contributed by atoms with Crippen LogP contribution in [-0.4, -0.2) is 11.9 Å². The van der Waals surface area contributed by atoms with Crippen molar-refractivity contribution in [2.75, 3.05) is 7.05 Å². The van der Waals surface area contributed by atoms with Crippen molar-refractivity contribution < 1.29 is 0 Å². The highest BCUT2D eigenvalue weighted by atomic mass is 79.9. The van der Waals surface area contributed by atoms with Crippen molar-refractivity contribution in [2.45, 2.75) is 19.6 Å². The Hall–Kier alpha value is -0.680. The summed E-state index contributed by atoms with van der Waals surface area (Å²) < 4.78 is 1.12. The summed E-state index contributed by atoms with van der Waals surface area (Å²) >= 11 is 5.25. The van der Waals surface area contributed by atoms with E-state index in [0.29, 0.717) is 6.54 Å². The molecule has 0 radical (unpaired) electrons. The van der Waals surface area contributed by atoms with Crippen LogP contribution in [0, 0.1) is 0 Å². The van der Waals surface area contributed by atoms with E-state index in [9.17, 15) is 0 Å². The smallest absolute Gasteiger partial charge is 0.0328 e. The van der Waals surface area contributed by atoms with Gasteiger partial charge in [0.15, 0.2) is 0 Å². The molecular formula is C14H17BrN2S. The van der Waals surface area contributed by atoms with Gasteiger partial charge in [-0.25, -0.2) is 0 Å². The Morgan fingerprint density at radius 3 is 2.33 bits per heavy atom. The highest BCUT2D eigenvalue weighted by molar-refractivity contribution is 9.10. The molecule has 0 amide bonds. The van der Waals surface area contributed by atoms with Crippen molar-refractivity contribution in [1.82, 2.24) is 4.90 Å². The molecule has 0 aliphatic rings. The van der Waals surface area contributed by atoms with Crippen molar-refractivity contribution >= 4 is 27.3 Å². The van der Waals surface area contributed by atoms with Gasteiger partial charge in [-0.3, -0.25) is 4.90 Å². The van der Waals surface area contributed by atoms with Gasteiger partial charge in [-0.05, 0) is 36.9 Å². The molecule has 0 saturated heterocycles. The van der Waals surface area contributed by atoms with E-state index in [1.807, 2.05) is 0 Å². The summed E-state index contributed by atoms with van der Waals surface area (Å²) in [6.45, 7) is 2.57. The number of nitrogens with two attached hydrogens (primary N) is 1. The molecule has 2 rings (SSSR count). The molecule has 0 aliphatic heterocycles. The topological polar surface area (TPSA) is 29.3 Å². The minimum Gasteiger partial charge on any atom is -0.326 e. The highest BCUT2D eigenvalue weighted by Crippen LogP contribution is 2.18. The molecule has 2 N–H and O–H groups in total. The molecule has 18 heavy (non-hydrogen) atoms. The average molecular weight is 325 g/mol. The largest absolute Gasteiger partial charge is 0.326 e. The van der Waals surface area contributed by atoms with E-state index in [0.717, 1.165) is 17.6 Å². The first-order valence-electron chi connectivity index (χ1n) is 5.88. The Kier molecular flexibility index (Phi) is 4.95. The molecule has 1 aromatic carbocycles. The summed E-state index contributed by atoms with van der Waals surface area (Å²) in [6.07, 6.45) is 0. The lowest BCUT2D eigenvalue weighted by atomic mass is 10.2. The number of benzene rings is 1. The van der Waals surface area contributed by atoms with E-state index in [1.54, 1.807) is 11.3 Å². The Morgan fingerprint density at radius 1 is 1.06 bits per heavy atom. The number of hydrogen-bond acceptors (Lipinski definition) is 3. The molecule has 0 saturated carbocycles. The minimum absolute atomic E-state index is 0.640. The average Bonchev–Trinajstić information content (AvgIpc) is 2.79. The van der Waals surface area contributed by atoms with Crippen LogP contribution < -0.4 is 5.73 Å². The van der Waals surface area contributed by atoms with Gasteiger partial charge >= 0.3 is 0 Å². The molecule has 1 aromatic heterocycles. The fraction of sp³-hybridized carbons (Fsp3) is 0.286. The Morgan fingerprint density at radius 2 is 1.72 bits per heavy atom. The Bertz CT molecular complexity index is 493. The van der Waals surface area contributed by atoms with Gasteiger partial charge in [0, 0.05) is 33.9 Å².